The van der Waals surface area contributed by atoms with Crippen LogP contribution in [0.5, 0.6) is 0 Å². The molecule has 0 fully saturated rings. The third kappa shape index (κ3) is 3.54. The van der Waals surface area contributed by atoms with Gasteiger partial charge in [-0.3, -0.25) is 4.79 Å². The first kappa shape index (κ1) is 16.4. The highest BCUT2D eigenvalue weighted by atomic mass is 35.5. The minimum absolute atomic E-state index is 0.0244. The Hall–Kier alpha value is -2.47. The van der Waals surface area contributed by atoms with Crippen molar-refractivity contribution in [2.24, 2.45) is 0 Å². The van der Waals surface area contributed by atoms with Crippen LogP contribution in [0.4, 0.5) is 18.9 Å². The average molecular weight is 353 g/mol. The molecule has 0 saturated heterocycles. The molecular weight excluding hydrogens is 341 g/mol. The van der Waals surface area contributed by atoms with Gasteiger partial charge < -0.3 is 10.3 Å². The number of rotatable bonds is 3. The summed E-state index contributed by atoms with van der Waals surface area (Å²) in [6, 6.07) is 9.80. The molecule has 0 saturated carbocycles. The predicted octanol–water partition coefficient (Wildman–Crippen LogP) is 5.02. The monoisotopic (exact) mass is 352 g/mol. The number of nitrogens with one attached hydrogen (secondary N) is 2. The summed E-state index contributed by atoms with van der Waals surface area (Å²) >= 11 is 5.95. The summed E-state index contributed by atoms with van der Waals surface area (Å²) in [5, 5.41) is 3.84. The first-order chi connectivity index (χ1) is 11.3. The molecule has 3 aromatic rings. The highest BCUT2D eigenvalue weighted by Crippen LogP contribution is 2.30. The van der Waals surface area contributed by atoms with Gasteiger partial charge in [-0.1, -0.05) is 17.7 Å². The predicted molar refractivity (Wildman–Crippen MR) is 87.1 cm³/mol. The Morgan fingerprint density at radius 1 is 1.17 bits per heavy atom. The molecule has 24 heavy (non-hydrogen) atoms. The Bertz CT molecular complexity index is 902. The van der Waals surface area contributed by atoms with Gasteiger partial charge in [0.1, 0.15) is 0 Å². The fourth-order valence-corrected chi connectivity index (χ4v) is 2.62. The van der Waals surface area contributed by atoms with Crippen LogP contribution in [0.3, 0.4) is 0 Å². The molecule has 0 unspecified atom stereocenters. The minimum Gasteiger partial charge on any atom is -0.361 e. The Labute approximate surface area is 140 Å². The van der Waals surface area contributed by atoms with E-state index in [2.05, 4.69) is 10.3 Å². The molecule has 1 aromatic heterocycles. The number of hydrogen-bond donors (Lipinski definition) is 2. The number of aromatic amines is 1. The van der Waals surface area contributed by atoms with E-state index in [1.54, 1.807) is 24.4 Å². The summed E-state index contributed by atoms with van der Waals surface area (Å²) in [5.41, 5.74) is 0.852. The van der Waals surface area contributed by atoms with Crippen LogP contribution < -0.4 is 5.32 Å². The molecule has 2 N–H and O–H groups in total. The molecule has 0 aliphatic carbocycles. The number of fused-ring (bicyclic) bond motifs is 1. The van der Waals surface area contributed by atoms with Gasteiger partial charge >= 0.3 is 6.18 Å². The Morgan fingerprint density at radius 2 is 1.96 bits per heavy atom. The summed E-state index contributed by atoms with van der Waals surface area (Å²) in [6.45, 7) is 0. The van der Waals surface area contributed by atoms with E-state index in [1.807, 2.05) is 0 Å². The largest absolute Gasteiger partial charge is 0.416 e. The lowest BCUT2D eigenvalue weighted by Crippen LogP contribution is -2.15. The summed E-state index contributed by atoms with van der Waals surface area (Å²) in [5.74, 6) is -0.407. The van der Waals surface area contributed by atoms with Gasteiger partial charge in [0.05, 0.1) is 12.0 Å². The van der Waals surface area contributed by atoms with Crippen molar-refractivity contribution in [2.75, 3.05) is 5.32 Å². The summed E-state index contributed by atoms with van der Waals surface area (Å²) in [6.07, 6.45) is -2.74. The lowest BCUT2D eigenvalue weighted by atomic mass is 10.1. The average Bonchev–Trinajstić information content (AvgIpc) is 2.89. The zero-order valence-corrected chi connectivity index (χ0v) is 13.0. The maximum Gasteiger partial charge on any atom is 0.416 e. The number of hydrogen-bond acceptors (Lipinski definition) is 1. The number of carbonyl (C=O) groups excluding carboxylic acids is 1. The molecule has 1 amide bonds. The molecule has 0 atom stereocenters. The molecule has 0 spiro atoms. The molecular formula is C17H12ClF3N2O. The van der Waals surface area contributed by atoms with Crippen molar-refractivity contribution in [1.82, 2.24) is 4.98 Å². The number of alkyl halides is 3. The van der Waals surface area contributed by atoms with Gasteiger partial charge in [-0.05, 0) is 42.0 Å². The first-order valence-electron chi connectivity index (χ1n) is 7.05. The van der Waals surface area contributed by atoms with Crippen LogP contribution in [0.2, 0.25) is 5.02 Å². The zero-order chi connectivity index (χ0) is 17.3. The van der Waals surface area contributed by atoms with E-state index in [9.17, 15) is 18.0 Å². The van der Waals surface area contributed by atoms with Gasteiger partial charge in [-0.25, -0.2) is 0 Å². The molecule has 0 bridgehead atoms. The topological polar surface area (TPSA) is 44.9 Å². The number of amides is 1. The van der Waals surface area contributed by atoms with Crippen LogP contribution in [0.15, 0.2) is 48.7 Å². The van der Waals surface area contributed by atoms with Gasteiger partial charge in [0, 0.05) is 27.8 Å². The molecule has 1 heterocycles. The standard InChI is InChI=1S/C17H12ClF3N2O/c18-12-4-5-15-14(8-12)10(9-22-15)6-16(24)23-13-3-1-2-11(7-13)17(19,20)21/h1-5,7-9,22H,6H2,(H,23,24). The quantitative estimate of drug-likeness (QED) is 0.683. The van der Waals surface area contributed by atoms with Crippen LogP contribution in [0, 0.1) is 0 Å². The molecule has 7 heteroatoms. The number of benzene rings is 2. The maximum atomic E-state index is 12.7. The Morgan fingerprint density at radius 3 is 2.71 bits per heavy atom. The second-order valence-electron chi connectivity index (χ2n) is 5.31. The molecule has 2 aromatic carbocycles. The van der Waals surface area contributed by atoms with Gasteiger partial charge in [0.15, 0.2) is 0 Å². The third-order valence-corrected chi connectivity index (χ3v) is 3.79. The third-order valence-electron chi connectivity index (χ3n) is 3.55. The van der Waals surface area contributed by atoms with Gasteiger partial charge in [-0.15, -0.1) is 0 Å². The lowest BCUT2D eigenvalue weighted by molar-refractivity contribution is -0.137. The Kier molecular flexibility index (Phi) is 4.24. The smallest absolute Gasteiger partial charge is 0.361 e. The van der Waals surface area contributed by atoms with Crippen LogP contribution in [0.1, 0.15) is 11.1 Å². The molecule has 0 radical (unpaired) electrons. The fraction of sp³-hybridized carbons (Fsp3) is 0.118. The number of anilines is 1. The summed E-state index contributed by atoms with van der Waals surface area (Å²) in [7, 11) is 0. The number of carbonyl (C=O) groups is 1. The molecule has 0 aliphatic rings. The van der Waals surface area contributed by atoms with Crippen molar-refractivity contribution in [3.05, 3.63) is 64.8 Å². The van der Waals surface area contributed by atoms with E-state index in [0.717, 1.165) is 28.6 Å². The minimum atomic E-state index is -4.45. The number of halogens is 4. The van der Waals surface area contributed by atoms with E-state index in [4.69, 9.17) is 11.6 Å². The molecule has 3 nitrogen and oxygen atoms in total. The molecule has 124 valence electrons. The van der Waals surface area contributed by atoms with Crippen molar-refractivity contribution in [3.63, 3.8) is 0 Å². The molecule has 0 aliphatic heterocycles. The van der Waals surface area contributed by atoms with E-state index < -0.39 is 17.6 Å². The van der Waals surface area contributed by atoms with E-state index in [1.165, 1.54) is 12.1 Å². The summed E-state index contributed by atoms with van der Waals surface area (Å²) in [4.78, 5) is 15.2. The zero-order valence-electron chi connectivity index (χ0n) is 12.2. The van der Waals surface area contributed by atoms with Crippen LogP contribution >= 0.6 is 11.6 Å². The van der Waals surface area contributed by atoms with E-state index in [0.29, 0.717) is 5.02 Å². The highest BCUT2D eigenvalue weighted by molar-refractivity contribution is 6.31. The van der Waals surface area contributed by atoms with E-state index >= 15 is 0 Å². The second-order valence-corrected chi connectivity index (χ2v) is 5.74. The number of H-pyrrole nitrogens is 1. The van der Waals surface area contributed by atoms with E-state index in [-0.39, 0.29) is 12.1 Å². The first-order valence-corrected chi connectivity index (χ1v) is 7.43. The second kappa shape index (κ2) is 6.20. The normalized spacial score (nSPS) is 11.7. The van der Waals surface area contributed by atoms with Gasteiger partial charge in [-0.2, -0.15) is 13.2 Å². The summed E-state index contributed by atoms with van der Waals surface area (Å²) < 4.78 is 38.1. The Balaban J connectivity index is 1.77. The van der Waals surface area contributed by atoms with Gasteiger partial charge in [0.25, 0.3) is 0 Å². The van der Waals surface area contributed by atoms with Crippen LogP contribution in [-0.4, -0.2) is 10.9 Å². The van der Waals surface area contributed by atoms with Crippen molar-refractivity contribution in [2.45, 2.75) is 12.6 Å². The van der Waals surface area contributed by atoms with Crippen LogP contribution in [-0.2, 0) is 17.4 Å². The van der Waals surface area contributed by atoms with Crippen LogP contribution in [0.25, 0.3) is 10.9 Å². The van der Waals surface area contributed by atoms with Gasteiger partial charge in [0.2, 0.25) is 5.91 Å². The molecule has 3 rings (SSSR count). The maximum absolute atomic E-state index is 12.7. The van der Waals surface area contributed by atoms with Crippen molar-refractivity contribution in [3.8, 4) is 0 Å². The lowest BCUT2D eigenvalue weighted by Gasteiger charge is -2.09. The number of aromatic nitrogens is 1. The van der Waals surface area contributed by atoms with Crippen molar-refractivity contribution >= 4 is 34.1 Å². The van der Waals surface area contributed by atoms with Crippen molar-refractivity contribution < 1.29 is 18.0 Å². The highest BCUT2D eigenvalue weighted by Gasteiger charge is 2.30. The van der Waals surface area contributed by atoms with Crippen molar-refractivity contribution in [1.29, 1.82) is 0 Å². The fourth-order valence-electron chi connectivity index (χ4n) is 2.45. The SMILES string of the molecule is O=C(Cc1c[nH]c2ccc(Cl)cc12)Nc1cccc(C(F)(F)F)c1.